The number of carbonyl (C=O) groups is 2. The van der Waals surface area contributed by atoms with Gasteiger partial charge in [-0.2, -0.15) is 0 Å². The zero-order valence-corrected chi connectivity index (χ0v) is 22.4. The largest absolute Gasteiger partial charge is 0.390 e. The number of nitrogens with one attached hydrogen (secondary N) is 1. The average molecular weight is 553 g/mol. The smallest absolute Gasteiger partial charge is 0.256 e. The minimum atomic E-state index is -0.662. The maximum Gasteiger partial charge on any atom is 0.256 e. The number of β-amino-alcohol motifs (C(OH)–C–C–N with tert-alkyl or cyclic N) is 1. The molecule has 0 aromatic heterocycles. The summed E-state index contributed by atoms with van der Waals surface area (Å²) in [6.45, 7) is 3.63. The number of piperazine rings is 1. The van der Waals surface area contributed by atoms with Crippen LogP contribution in [0.4, 0.5) is 5.69 Å². The van der Waals surface area contributed by atoms with E-state index in [4.69, 9.17) is 23.2 Å². The van der Waals surface area contributed by atoms with Gasteiger partial charge in [0.2, 0.25) is 0 Å². The molecule has 1 unspecified atom stereocenters. The third-order valence-corrected chi connectivity index (χ3v) is 7.73. The highest BCUT2D eigenvalue weighted by molar-refractivity contribution is 6.31. The lowest BCUT2D eigenvalue weighted by Gasteiger charge is -2.38. The molecular weight excluding hydrogens is 523 g/mol. The van der Waals surface area contributed by atoms with Gasteiger partial charge in [-0.15, -0.1) is 0 Å². The third-order valence-electron chi connectivity index (χ3n) is 7.25. The summed E-state index contributed by atoms with van der Waals surface area (Å²) in [4.78, 5) is 32.1. The first-order valence-corrected chi connectivity index (χ1v) is 13.5. The molecule has 2 aliphatic heterocycles. The first-order valence-electron chi connectivity index (χ1n) is 12.7. The number of benzene rings is 3. The molecule has 0 spiro atoms. The number of anilines is 1. The zero-order chi connectivity index (χ0) is 26.6. The van der Waals surface area contributed by atoms with Crippen LogP contribution in [0.5, 0.6) is 0 Å². The second kappa shape index (κ2) is 11.7. The van der Waals surface area contributed by atoms with Crippen molar-refractivity contribution in [2.75, 3.05) is 44.6 Å². The highest BCUT2D eigenvalue weighted by Gasteiger charge is 2.39. The topological polar surface area (TPSA) is 76.1 Å². The van der Waals surface area contributed by atoms with E-state index in [0.717, 1.165) is 5.56 Å². The van der Waals surface area contributed by atoms with Crippen molar-refractivity contribution in [3.8, 4) is 0 Å². The SMILES string of the molecule is O=C(c1ccc(Cl)cc1)N1CCN(C2CN(C(=O)c3ccc(Cl)cc3NCc3ccccc3)C[C@H]2O)CC1. The van der Waals surface area contributed by atoms with Gasteiger partial charge < -0.3 is 20.2 Å². The second-order valence-electron chi connectivity index (χ2n) is 9.71. The molecule has 3 aromatic rings. The number of halogens is 2. The molecule has 0 aliphatic carbocycles. The lowest BCUT2D eigenvalue weighted by molar-refractivity contribution is 0.0376. The van der Waals surface area contributed by atoms with Gasteiger partial charge in [0.25, 0.3) is 11.8 Å². The van der Waals surface area contributed by atoms with Gasteiger partial charge in [0.1, 0.15) is 0 Å². The molecule has 38 heavy (non-hydrogen) atoms. The number of amides is 2. The van der Waals surface area contributed by atoms with Crippen LogP contribution in [0.2, 0.25) is 10.0 Å². The van der Waals surface area contributed by atoms with Gasteiger partial charge in [0, 0.05) is 67.1 Å². The quantitative estimate of drug-likeness (QED) is 0.478. The van der Waals surface area contributed by atoms with E-state index in [1.165, 1.54) is 0 Å². The minimum Gasteiger partial charge on any atom is -0.390 e. The Morgan fingerprint density at radius 2 is 1.50 bits per heavy atom. The molecular formula is C29H30Cl2N4O3. The normalized spacial score (nSPS) is 20.0. The summed E-state index contributed by atoms with van der Waals surface area (Å²) in [7, 11) is 0. The number of likely N-dealkylation sites (tertiary alicyclic amines) is 1. The fraction of sp³-hybridized carbons (Fsp3) is 0.310. The Labute approximate surface area is 232 Å². The van der Waals surface area contributed by atoms with Crippen LogP contribution in [0.1, 0.15) is 26.3 Å². The van der Waals surface area contributed by atoms with E-state index >= 15 is 0 Å². The number of rotatable bonds is 6. The number of nitrogens with zero attached hydrogens (tertiary/aromatic N) is 3. The number of aliphatic hydroxyl groups is 1. The minimum absolute atomic E-state index is 0.0247. The number of carbonyl (C=O) groups excluding carboxylic acids is 2. The molecule has 2 atom stereocenters. The van der Waals surface area contributed by atoms with Crippen molar-refractivity contribution in [1.82, 2.24) is 14.7 Å². The molecule has 3 aromatic carbocycles. The summed E-state index contributed by atoms with van der Waals surface area (Å²) in [6.07, 6.45) is -0.662. The molecule has 2 saturated heterocycles. The Morgan fingerprint density at radius 1 is 0.816 bits per heavy atom. The fourth-order valence-corrected chi connectivity index (χ4v) is 5.44. The van der Waals surface area contributed by atoms with Crippen LogP contribution in [0.3, 0.4) is 0 Å². The second-order valence-corrected chi connectivity index (χ2v) is 10.6. The summed E-state index contributed by atoms with van der Waals surface area (Å²) in [5.74, 6) is -0.168. The van der Waals surface area contributed by atoms with E-state index in [-0.39, 0.29) is 24.4 Å². The predicted molar refractivity (Wildman–Crippen MR) is 150 cm³/mol. The first kappa shape index (κ1) is 26.5. The lowest BCUT2D eigenvalue weighted by Crippen LogP contribution is -2.54. The Bertz CT molecular complexity index is 1280. The molecule has 9 heteroatoms. The van der Waals surface area contributed by atoms with Crippen molar-refractivity contribution in [3.05, 3.63) is 99.5 Å². The summed E-state index contributed by atoms with van der Waals surface area (Å²) >= 11 is 12.2. The molecule has 5 rings (SSSR count). The molecule has 0 bridgehead atoms. The van der Waals surface area contributed by atoms with Crippen LogP contribution in [-0.4, -0.2) is 83.0 Å². The Hall–Kier alpha value is -3.10. The zero-order valence-electron chi connectivity index (χ0n) is 20.9. The summed E-state index contributed by atoms with van der Waals surface area (Å²) in [6, 6.07) is 21.9. The first-order chi connectivity index (χ1) is 18.4. The van der Waals surface area contributed by atoms with Crippen LogP contribution < -0.4 is 5.32 Å². The monoisotopic (exact) mass is 552 g/mol. The van der Waals surface area contributed by atoms with Crippen LogP contribution in [0.25, 0.3) is 0 Å². The van der Waals surface area contributed by atoms with E-state index in [0.29, 0.717) is 66.1 Å². The molecule has 2 heterocycles. The molecule has 0 radical (unpaired) electrons. The van der Waals surface area contributed by atoms with Crippen molar-refractivity contribution in [2.24, 2.45) is 0 Å². The maximum absolute atomic E-state index is 13.5. The fourth-order valence-electron chi connectivity index (χ4n) is 5.14. The summed E-state index contributed by atoms with van der Waals surface area (Å²) < 4.78 is 0. The van der Waals surface area contributed by atoms with Gasteiger partial charge in [-0.05, 0) is 48.0 Å². The van der Waals surface area contributed by atoms with Crippen molar-refractivity contribution < 1.29 is 14.7 Å². The van der Waals surface area contributed by atoms with E-state index in [1.807, 2.05) is 35.2 Å². The van der Waals surface area contributed by atoms with Gasteiger partial charge >= 0.3 is 0 Å². The Kier molecular flexibility index (Phi) is 8.19. The Balaban J connectivity index is 1.21. The molecule has 198 valence electrons. The van der Waals surface area contributed by atoms with Crippen LogP contribution in [0.15, 0.2) is 72.8 Å². The van der Waals surface area contributed by atoms with E-state index in [2.05, 4.69) is 10.2 Å². The van der Waals surface area contributed by atoms with E-state index in [1.54, 1.807) is 47.4 Å². The van der Waals surface area contributed by atoms with E-state index in [9.17, 15) is 14.7 Å². The lowest BCUT2D eigenvalue weighted by atomic mass is 10.1. The standard InChI is InChI=1S/C29H30Cl2N4O3/c30-22-8-6-21(7-9-22)28(37)34-14-12-33(13-15-34)26-18-35(19-27(26)36)29(38)24-11-10-23(31)16-25(24)32-17-20-4-2-1-3-5-20/h1-11,16,26-27,32,36H,12-15,17-19H2/t26?,27-/m1/s1. The molecule has 2 fully saturated rings. The summed E-state index contributed by atoms with van der Waals surface area (Å²) in [5.41, 5.74) is 2.89. The van der Waals surface area contributed by atoms with Crippen molar-refractivity contribution in [3.63, 3.8) is 0 Å². The van der Waals surface area contributed by atoms with Crippen molar-refractivity contribution in [2.45, 2.75) is 18.7 Å². The highest BCUT2D eigenvalue weighted by Crippen LogP contribution is 2.27. The van der Waals surface area contributed by atoms with E-state index < -0.39 is 6.10 Å². The number of aliphatic hydroxyl groups excluding tert-OH is 1. The van der Waals surface area contributed by atoms with Crippen LogP contribution >= 0.6 is 23.2 Å². The van der Waals surface area contributed by atoms with Crippen molar-refractivity contribution >= 4 is 40.7 Å². The molecule has 2 aliphatic rings. The molecule has 2 N–H and O–H groups in total. The number of hydrogen-bond donors (Lipinski definition) is 2. The van der Waals surface area contributed by atoms with Crippen molar-refractivity contribution in [1.29, 1.82) is 0 Å². The maximum atomic E-state index is 13.5. The number of hydrogen-bond acceptors (Lipinski definition) is 5. The molecule has 0 saturated carbocycles. The molecule has 7 nitrogen and oxygen atoms in total. The highest BCUT2D eigenvalue weighted by atomic mass is 35.5. The van der Waals surface area contributed by atoms with Gasteiger partial charge in [-0.25, -0.2) is 0 Å². The summed E-state index contributed by atoms with van der Waals surface area (Å²) in [5, 5.41) is 15.4. The van der Waals surface area contributed by atoms with Gasteiger partial charge in [-0.3, -0.25) is 14.5 Å². The van der Waals surface area contributed by atoms with Gasteiger partial charge in [0.05, 0.1) is 17.7 Å². The Morgan fingerprint density at radius 3 is 2.21 bits per heavy atom. The van der Waals surface area contributed by atoms with Crippen LogP contribution in [0, 0.1) is 0 Å². The predicted octanol–water partition coefficient (Wildman–Crippen LogP) is 4.25. The van der Waals surface area contributed by atoms with Gasteiger partial charge in [0.15, 0.2) is 0 Å². The average Bonchev–Trinajstić information content (AvgIpc) is 3.34. The third kappa shape index (κ3) is 5.97. The molecule has 2 amide bonds. The van der Waals surface area contributed by atoms with Gasteiger partial charge in [-0.1, -0.05) is 53.5 Å². The van der Waals surface area contributed by atoms with Crippen LogP contribution in [-0.2, 0) is 6.54 Å².